The van der Waals surface area contributed by atoms with Crippen LogP contribution in [0.2, 0.25) is 0 Å². The number of hydrogen-bond donors (Lipinski definition) is 2. The monoisotopic (exact) mass is 226 g/mol. The minimum absolute atomic E-state index is 0.0392. The van der Waals surface area contributed by atoms with Crippen LogP contribution >= 0.6 is 0 Å². The van der Waals surface area contributed by atoms with Crippen LogP contribution in [0.1, 0.15) is 40.0 Å². The van der Waals surface area contributed by atoms with Crippen molar-refractivity contribution in [1.82, 2.24) is 10.6 Å². The van der Waals surface area contributed by atoms with Gasteiger partial charge in [-0.05, 0) is 32.1 Å². The maximum atomic E-state index is 12.0. The molecule has 0 aromatic carbocycles. The molecular formula is C12H22N2O2. The smallest absolute Gasteiger partial charge is 0.242 e. The Labute approximate surface area is 97.2 Å². The number of carbonyl (C=O) groups excluding carboxylic acids is 2. The molecule has 92 valence electrons. The first-order valence-electron chi connectivity index (χ1n) is 5.94. The predicted octanol–water partition coefficient (Wildman–Crippen LogP) is 1.06. The summed E-state index contributed by atoms with van der Waals surface area (Å²) in [5.74, 6) is 0.412. The Morgan fingerprint density at radius 2 is 1.81 bits per heavy atom. The third-order valence-corrected chi connectivity index (χ3v) is 3.12. The summed E-state index contributed by atoms with van der Waals surface area (Å²) in [5.41, 5.74) is -0.184. The molecule has 1 atom stereocenters. The molecule has 1 rings (SSSR count). The molecule has 4 nitrogen and oxygen atoms in total. The fourth-order valence-corrected chi connectivity index (χ4v) is 2.09. The van der Waals surface area contributed by atoms with Crippen LogP contribution in [0.15, 0.2) is 0 Å². The van der Waals surface area contributed by atoms with Crippen LogP contribution in [0.5, 0.6) is 0 Å². The lowest BCUT2D eigenvalue weighted by Gasteiger charge is -2.20. The summed E-state index contributed by atoms with van der Waals surface area (Å²) in [5, 5.41) is 5.32. The first-order valence-corrected chi connectivity index (χ1v) is 5.94. The molecule has 1 aliphatic rings. The van der Waals surface area contributed by atoms with E-state index in [9.17, 15) is 9.59 Å². The Morgan fingerprint density at radius 3 is 2.19 bits per heavy atom. The molecule has 2 N–H and O–H groups in total. The second-order valence-corrected chi connectivity index (χ2v) is 5.19. The summed E-state index contributed by atoms with van der Waals surface area (Å²) in [6.45, 7) is 5.95. The number of nitrogens with one attached hydrogen (secondary N) is 2. The molecule has 0 radical (unpaired) electrons. The second kappa shape index (κ2) is 4.85. The Balaban J connectivity index is 2.49. The third kappa shape index (κ3) is 2.97. The van der Waals surface area contributed by atoms with Gasteiger partial charge in [0.15, 0.2) is 0 Å². The maximum Gasteiger partial charge on any atom is 0.242 e. The van der Waals surface area contributed by atoms with Gasteiger partial charge in [0.1, 0.15) is 6.04 Å². The van der Waals surface area contributed by atoms with Crippen molar-refractivity contribution in [3.8, 4) is 0 Å². The van der Waals surface area contributed by atoms with Crippen molar-refractivity contribution in [3.05, 3.63) is 0 Å². The van der Waals surface area contributed by atoms with Gasteiger partial charge in [-0.15, -0.1) is 0 Å². The fraction of sp³-hybridized carbons (Fsp3) is 0.833. The summed E-state index contributed by atoms with van der Waals surface area (Å²) in [6.07, 6.45) is 2.83. The average molecular weight is 226 g/mol. The molecule has 16 heavy (non-hydrogen) atoms. The van der Waals surface area contributed by atoms with Gasteiger partial charge in [-0.25, -0.2) is 0 Å². The molecule has 0 bridgehead atoms. The fourth-order valence-electron chi connectivity index (χ4n) is 2.09. The number of carbonyl (C=O) groups is 2. The molecule has 0 saturated heterocycles. The molecular weight excluding hydrogens is 204 g/mol. The summed E-state index contributed by atoms with van der Waals surface area (Å²) in [4.78, 5) is 23.3. The molecule has 4 heteroatoms. The van der Waals surface area contributed by atoms with Crippen LogP contribution in [0.25, 0.3) is 0 Å². The van der Waals surface area contributed by atoms with Gasteiger partial charge >= 0.3 is 0 Å². The molecule has 0 unspecified atom stereocenters. The van der Waals surface area contributed by atoms with Gasteiger partial charge < -0.3 is 10.6 Å². The molecule has 0 aromatic heterocycles. The SMILES string of the molecule is CNC(=O)[C@H](C)NC(=O)C1(CC(C)C)CC1. The molecule has 1 fully saturated rings. The van der Waals surface area contributed by atoms with Gasteiger partial charge in [0.05, 0.1) is 0 Å². The van der Waals surface area contributed by atoms with E-state index in [2.05, 4.69) is 24.5 Å². The molecule has 0 spiro atoms. The van der Waals surface area contributed by atoms with Gasteiger partial charge in [0, 0.05) is 12.5 Å². The normalized spacial score (nSPS) is 19.1. The lowest BCUT2D eigenvalue weighted by atomic mass is 9.93. The highest BCUT2D eigenvalue weighted by molar-refractivity contribution is 5.91. The summed E-state index contributed by atoms with van der Waals surface area (Å²) >= 11 is 0. The molecule has 0 aliphatic heterocycles. The minimum Gasteiger partial charge on any atom is -0.357 e. The van der Waals surface area contributed by atoms with Crippen LogP contribution < -0.4 is 10.6 Å². The number of rotatable bonds is 5. The van der Waals surface area contributed by atoms with Crippen LogP contribution in [0.3, 0.4) is 0 Å². The van der Waals surface area contributed by atoms with E-state index in [1.165, 1.54) is 0 Å². The highest BCUT2D eigenvalue weighted by Crippen LogP contribution is 2.50. The van der Waals surface area contributed by atoms with Crippen molar-refractivity contribution in [3.63, 3.8) is 0 Å². The quantitative estimate of drug-likeness (QED) is 0.736. The lowest BCUT2D eigenvalue weighted by Crippen LogP contribution is -2.46. The molecule has 1 saturated carbocycles. The standard InChI is InChI=1S/C12H22N2O2/c1-8(2)7-12(5-6-12)11(16)14-9(3)10(15)13-4/h8-9H,5-7H2,1-4H3,(H,13,15)(H,14,16)/t9-/m0/s1. The molecule has 0 heterocycles. The van der Waals surface area contributed by atoms with Gasteiger partial charge in [-0.1, -0.05) is 13.8 Å². The van der Waals surface area contributed by atoms with E-state index in [1.54, 1.807) is 14.0 Å². The van der Waals surface area contributed by atoms with Crippen LogP contribution in [0, 0.1) is 11.3 Å². The van der Waals surface area contributed by atoms with Crippen molar-refractivity contribution < 1.29 is 9.59 Å². The molecule has 2 amide bonds. The third-order valence-electron chi connectivity index (χ3n) is 3.12. The Morgan fingerprint density at radius 1 is 1.25 bits per heavy atom. The van der Waals surface area contributed by atoms with E-state index in [4.69, 9.17) is 0 Å². The predicted molar refractivity (Wildman–Crippen MR) is 62.8 cm³/mol. The van der Waals surface area contributed by atoms with Gasteiger partial charge in [0.25, 0.3) is 0 Å². The van der Waals surface area contributed by atoms with Crippen LogP contribution in [-0.4, -0.2) is 24.9 Å². The zero-order valence-corrected chi connectivity index (χ0v) is 10.6. The van der Waals surface area contributed by atoms with Gasteiger partial charge in [-0.2, -0.15) is 0 Å². The molecule has 1 aliphatic carbocycles. The number of amides is 2. The highest BCUT2D eigenvalue weighted by atomic mass is 16.2. The van der Waals surface area contributed by atoms with E-state index < -0.39 is 6.04 Å². The lowest BCUT2D eigenvalue weighted by molar-refractivity contribution is -0.131. The van der Waals surface area contributed by atoms with Crippen LogP contribution in [-0.2, 0) is 9.59 Å². The number of hydrogen-bond acceptors (Lipinski definition) is 2. The van der Waals surface area contributed by atoms with Crippen molar-refractivity contribution in [1.29, 1.82) is 0 Å². The van der Waals surface area contributed by atoms with Crippen molar-refractivity contribution in [2.45, 2.75) is 46.1 Å². The average Bonchev–Trinajstić information content (AvgIpc) is 2.96. The Hall–Kier alpha value is -1.06. The first-order chi connectivity index (χ1) is 7.41. The zero-order valence-electron chi connectivity index (χ0n) is 10.6. The van der Waals surface area contributed by atoms with E-state index >= 15 is 0 Å². The summed E-state index contributed by atoms with van der Waals surface area (Å²) < 4.78 is 0. The van der Waals surface area contributed by atoms with Crippen LogP contribution in [0.4, 0.5) is 0 Å². The van der Waals surface area contributed by atoms with Crippen molar-refractivity contribution in [2.24, 2.45) is 11.3 Å². The minimum atomic E-state index is -0.442. The Bertz CT molecular complexity index is 283. The summed E-state index contributed by atoms with van der Waals surface area (Å²) in [7, 11) is 1.58. The van der Waals surface area contributed by atoms with E-state index in [1.807, 2.05) is 0 Å². The maximum absolute atomic E-state index is 12.0. The zero-order chi connectivity index (χ0) is 12.3. The van der Waals surface area contributed by atoms with Gasteiger partial charge in [0.2, 0.25) is 11.8 Å². The first kappa shape index (κ1) is 13.0. The number of likely N-dealkylation sites (N-methyl/N-ethyl adjacent to an activating group) is 1. The van der Waals surface area contributed by atoms with E-state index in [0.29, 0.717) is 5.92 Å². The summed E-state index contributed by atoms with van der Waals surface area (Å²) in [6, 6.07) is -0.442. The highest BCUT2D eigenvalue weighted by Gasteiger charge is 2.50. The van der Waals surface area contributed by atoms with E-state index in [-0.39, 0.29) is 17.2 Å². The van der Waals surface area contributed by atoms with Crippen molar-refractivity contribution >= 4 is 11.8 Å². The van der Waals surface area contributed by atoms with Gasteiger partial charge in [-0.3, -0.25) is 9.59 Å². The topological polar surface area (TPSA) is 58.2 Å². The largest absolute Gasteiger partial charge is 0.357 e. The molecule has 0 aromatic rings. The second-order valence-electron chi connectivity index (χ2n) is 5.19. The van der Waals surface area contributed by atoms with E-state index in [0.717, 1.165) is 19.3 Å². The van der Waals surface area contributed by atoms with Crippen molar-refractivity contribution in [2.75, 3.05) is 7.05 Å². The Kier molecular flexibility index (Phi) is 3.94.